The first-order valence-electron chi connectivity index (χ1n) is 7.42. The van der Waals surface area contributed by atoms with E-state index >= 15 is 0 Å². The summed E-state index contributed by atoms with van der Waals surface area (Å²) in [4.78, 5) is 12.8. The van der Waals surface area contributed by atoms with Gasteiger partial charge in [0.2, 0.25) is 0 Å². The van der Waals surface area contributed by atoms with Gasteiger partial charge in [0, 0.05) is 11.8 Å². The first-order chi connectivity index (χ1) is 11.3. The molecule has 118 valence electrons. The molecule has 0 aromatic carbocycles. The Labute approximate surface area is 140 Å². The van der Waals surface area contributed by atoms with Gasteiger partial charge in [0.15, 0.2) is 0 Å². The van der Waals surface area contributed by atoms with Crippen LogP contribution in [-0.4, -0.2) is 34.4 Å². The maximum atomic E-state index is 5.80. The van der Waals surface area contributed by atoms with Gasteiger partial charge in [-0.05, 0) is 49.3 Å². The summed E-state index contributed by atoms with van der Waals surface area (Å²) in [5.74, 6) is 0.739. The predicted molar refractivity (Wildman–Crippen MR) is 90.6 cm³/mol. The van der Waals surface area contributed by atoms with Crippen molar-refractivity contribution >= 4 is 17.4 Å². The Kier molecular flexibility index (Phi) is 5.08. The van der Waals surface area contributed by atoms with Crippen LogP contribution in [0.4, 0.5) is 0 Å². The number of nitrogens with zero attached hydrogens (tertiary/aromatic N) is 3. The van der Waals surface area contributed by atoms with Crippen molar-refractivity contribution < 1.29 is 9.47 Å². The lowest BCUT2D eigenvalue weighted by Gasteiger charge is -2.31. The molecular formula is C17H17N3O2S. The van der Waals surface area contributed by atoms with E-state index in [-0.39, 0.29) is 12.1 Å². The lowest BCUT2D eigenvalue weighted by atomic mass is 9.90. The van der Waals surface area contributed by atoms with Crippen molar-refractivity contribution in [3.63, 3.8) is 0 Å². The van der Waals surface area contributed by atoms with E-state index in [9.17, 15) is 0 Å². The van der Waals surface area contributed by atoms with Crippen molar-refractivity contribution in [1.82, 2.24) is 9.97 Å². The van der Waals surface area contributed by atoms with E-state index in [4.69, 9.17) is 9.47 Å². The molecule has 23 heavy (non-hydrogen) atoms. The highest BCUT2D eigenvalue weighted by atomic mass is 32.1. The maximum absolute atomic E-state index is 5.80. The topological polar surface area (TPSA) is 56.6 Å². The Hall–Kier alpha value is -2.14. The van der Waals surface area contributed by atoms with E-state index in [0.717, 1.165) is 35.5 Å². The van der Waals surface area contributed by atoms with Crippen LogP contribution in [0.25, 0.3) is 11.3 Å². The van der Waals surface area contributed by atoms with Gasteiger partial charge in [-0.1, -0.05) is 0 Å². The molecule has 2 aromatic heterocycles. The van der Waals surface area contributed by atoms with Crippen molar-refractivity contribution in [1.29, 1.82) is 0 Å². The van der Waals surface area contributed by atoms with Gasteiger partial charge in [-0.15, -0.1) is 0 Å². The largest absolute Gasteiger partial charge is 0.495 e. The predicted octanol–water partition coefficient (Wildman–Crippen LogP) is 3.30. The number of isothiocyanates is 1. The summed E-state index contributed by atoms with van der Waals surface area (Å²) in [6.45, 7) is 0.509. The van der Waals surface area contributed by atoms with Gasteiger partial charge < -0.3 is 9.47 Å². The fourth-order valence-corrected chi connectivity index (χ4v) is 2.54. The molecule has 1 fully saturated rings. The van der Waals surface area contributed by atoms with Gasteiger partial charge in [0.25, 0.3) is 0 Å². The molecule has 5 nitrogen and oxygen atoms in total. The summed E-state index contributed by atoms with van der Waals surface area (Å²) in [5.41, 5.74) is 2.74. The Morgan fingerprint density at radius 2 is 2.09 bits per heavy atom. The van der Waals surface area contributed by atoms with E-state index in [2.05, 4.69) is 32.3 Å². The third kappa shape index (κ3) is 3.99. The van der Waals surface area contributed by atoms with Gasteiger partial charge in [0.05, 0.1) is 48.6 Å². The molecule has 0 unspecified atom stereocenters. The Morgan fingerprint density at radius 1 is 1.22 bits per heavy atom. The second-order valence-corrected chi connectivity index (χ2v) is 5.58. The molecule has 0 saturated heterocycles. The highest BCUT2D eigenvalue weighted by Crippen LogP contribution is 2.27. The van der Waals surface area contributed by atoms with Gasteiger partial charge in [-0.2, -0.15) is 0 Å². The minimum Gasteiger partial charge on any atom is -0.495 e. The fraction of sp³-hybridized carbons (Fsp3) is 0.353. The first-order valence-corrected chi connectivity index (χ1v) is 7.83. The second-order valence-electron chi connectivity index (χ2n) is 5.40. The Bertz CT molecular complexity index is 691. The van der Waals surface area contributed by atoms with Crippen LogP contribution >= 0.6 is 12.2 Å². The summed E-state index contributed by atoms with van der Waals surface area (Å²) in [6.07, 6.45) is 5.58. The smallest absolute Gasteiger partial charge is 0.137 e. The number of aliphatic imine (C=N–C) groups is 1. The Morgan fingerprint density at radius 3 is 2.70 bits per heavy atom. The molecule has 6 heteroatoms. The number of methoxy groups -OCH3 is 1. The standard InChI is InChI=1S/C17H17N3O2S/c1-21-15-4-5-17(19-9-15)12-2-3-13(18-8-12)10-22-16-6-14(7-16)20-11-23/h2-5,8-9,14,16H,6-7,10H2,1H3/t14-,16+. The van der Waals surface area contributed by atoms with Crippen molar-refractivity contribution in [2.45, 2.75) is 31.6 Å². The molecule has 1 aliphatic carbocycles. The molecule has 1 saturated carbocycles. The highest BCUT2D eigenvalue weighted by molar-refractivity contribution is 7.78. The minimum atomic E-state index is 0.247. The van der Waals surface area contributed by atoms with Crippen molar-refractivity contribution in [3.8, 4) is 17.0 Å². The average Bonchev–Trinajstić information content (AvgIpc) is 2.57. The lowest BCUT2D eigenvalue weighted by molar-refractivity contribution is -0.0195. The summed E-state index contributed by atoms with van der Waals surface area (Å²) >= 11 is 4.60. The zero-order valence-electron chi connectivity index (χ0n) is 12.8. The van der Waals surface area contributed by atoms with E-state index in [0.29, 0.717) is 6.61 Å². The number of ether oxygens (including phenoxy) is 2. The average molecular weight is 327 g/mol. The van der Waals surface area contributed by atoms with E-state index in [1.807, 2.05) is 30.5 Å². The monoisotopic (exact) mass is 327 g/mol. The van der Waals surface area contributed by atoms with Crippen molar-refractivity contribution in [2.24, 2.45) is 4.99 Å². The lowest BCUT2D eigenvalue weighted by Crippen LogP contribution is -2.34. The molecule has 2 aromatic rings. The molecule has 2 heterocycles. The molecule has 0 spiro atoms. The van der Waals surface area contributed by atoms with Gasteiger partial charge in [-0.25, -0.2) is 4.99 Å². The molecule has 0 radical (unpaired) electrons. The molecule has 0 amide bonds. The fourth-order valence-electron chi connectivity index (χ4n) is 2.39. The van der Waals surface area contributed by atoms with Gasteiger partial charge in [-0.3, -0.25) is 9.97 Å². The van der Waals surface area contributed by atoms with Crippen LogP contribution in [0.5, 0.6) is 5.75 Å². The van der Waals surface area contributed by atoms with Crippen LogP contribution < -0.4 is 4.74 Å². The first kappa shape index (κ1) is 15.7. The number of thiocarbonyl (C=S) groups is 1. The van der Waals surface area contributed by atoms with Gasteiger partial charge in [0.1, 0.15) is 5.75 Å². The van der Waals surface area contributed by atoms with Crippen LogP contribution in [-0.2, 0) is 11.3 Å². The summed E-state index contributed by atoms with van der Waals surface area (Å²) in [5, 5.41) is 2.42. The van der Waals surface area contributed by atoms with Crippen LogP contribution in [0.3, 0.4) is 0 Å². The zero-order valence-corrected chi connectivity index (χ0v) is 13.6. The Balaban J connectivity index is 1.54. The van der Waals surface area contributed by atoms with Crippen LogP contribution in [0.2, 0.25) is 0 Å². The van der Waals surface area contributed by atoms with E-state index in [1.165, 1.54) is 0 Å². The number of hydrogen-bond donors (Lipinski definition) is 0. The second kappa shape index (κ2) is 7.42. The zero-order chi connectivity index (χ0) is 16.1. The third-order valence-electron chi connectivity index (χ3n) is 3.86. The number of hydrogen-bond acceptors (Lipinski definition) is 6. The molecule has 0 aliphatic heterocycles. The van der Waals surface area contributed by atoms with Crippen LogP contribution in [0.1, 0.15) is 18.5 Å². The van der Waals surface area contributed by atoms with Crippen molar-refractivity contribution in [2.75, 3.05) is 7.11 Å². The number of rotatable bonds is 6. The van der Waals surface area contributed by atoms with Crippen LogP contribution in [0.15, 0.2) is 41.7 Å². The highest BCUT2D eigenvalue weighted by Gasteiger charge is 2.29. The van der Waals surface area contributed by atoms with E-state index < -0.39 is 0 Å². The number of aromatic nitrogens is 2. The normalized spacial score (nSPS) is 19.5. The summed E-state index contributed by atoms with van der Waals surface area (Å²) < 4.78 is 10.9. The SMILES string of the molecule is COc1ccc(-c2ccc(CO[C@H]3C[C@@H](N=C=S)C3)nc2)nc1. The van der Waals surface area contributed by atoms with E-state index in [1.54, 1.807) is 13.3 Å². The number of pyridine rings is 2. The van der Waals surface area contributed by atoms with Crippen LogP contribution in [0, 0.1) is 0 Å². The summed E-state index contributed by atoms with van der Waals surface area (Å²) in [6, 6.07) is 8.05. The summed E-state index contributed by atoms with van der Waals surface area (Å²) in [7, 11) is 1.62. The molecular weight excluding hydrogens is 310 g/mol. The third-order valence-corrected chi connectivity index (χ3v) is 3.97. The van der Waals surface area contributed by atoms with Crippen molar-refractivity contribution in [3.05, 3.63) is 42.4 Å². The molecule has 0 bridgehead atoms. The molecule has 0 N–H and O–H groups in total. The minimum absolute atomic E-state index is 0.247. The van der Waals surface area contributed by atoms with Gasteiger partial charge >= 0.3 is 0 Å². The molecule has 1 aliphatic rings. The quantitative estimate of drug-likeness (QED) is 0.602. The maximum Gasteiger partial charge on any atom is 0.137 e. The molecule has 3 rings (SSSR count). The molecule has 0 atom stereocenters.